The topological polar surface area (TPSA) is 58.7 Å². The molecule has 0 saturated heterocycles. The normalized spacial score (nSPS) is 25.7. The first-order valence-corrected chi connectivity index (χ1v) is 7.34. The van der Waals surface area contributed by atoms with Crippen LogP contribution in [-0.4, -0.2) is 38.0 Å². The zero-order valence-corrected chi connectivity index (χ0v) is 12.5. The molecule has 2 rings (SSSR count). The van der Waals surface area contributed by atoms with Crippen LogP contribution in [0.25, 0.3) is 0 Å². The van der Waals surface area contributed by atoms with Crippen molar-refractivity contribution in [1.29, 1.82) is 0 Å². The van der Waals surface area contributed by atoms with Gasteiger partial charge in [0.1, 0.15) is 5.75 Å². The quantitative estimate of drug-likeness (QED) is 0.836. The van der Waals surface area contributed by atoms with Crippen molar-refractivity contribution in [1.82, 2.24) is 0 Å². The van der Waals surface area contributed by atoms with Gasteiger partial charge in [-0.25, -0.2) is 0 Å². The van der Waals surface area contributed by atoms with Gasteiger partial charge in [-0.1, -0.05) is 18.6 Å². The van der Waals surface area contributed by atoms with Crippen LogP contribution in [0, 0.1) is 5.92 Å². The smallest absolute Gasteiger partial charge is 0.142 e. The molecule has 1 aliphatic carbocycles. The lowest BCUT2D eigenvalue weighted by molar-refractivity contribution is 0.156. The number of methoxy groups -OCH3 is 1. The minimum atomic E-state index is -0.373. The van der Waals surface area contributed by atoms with E-state index in [1.165, 1.54) is 0 Å². The highest BCUT2D eigenvalue weighted by Gasteiger charge is 2.38. The maximum Gasteiger partial charge on any atom is 0.142 e. The molecule has 0 heterocycles. The van der Waals surface area contributed by atoms with E-state index in [1.807, 2.05) is 18.2 Å². The fourth-order valence-electron chi connectivity index (χ4n) is 3.22. The first-order chi connectivity index (χ1) is 9.60. The number of anilines is 1. The lowest BCUT2D eigenvalue weighted by Crippen LogP contribution is -2.47. The van der Waals surface area contributed by atoms with Crippen LogP contribution in [0.3, 0.4) is 0 Å². The Balaban J connectivity index is 1.97. The van der Waals surface area contributed by atoms with Crippen molar-refractivity contribution in [2.45, 2.75) is 31.2 Å². The van der Waals surface area contributed by atoms with Crippen LogP contribution in [0.5, 0.6) is 5.75 Å². The van der Waals surface area contributed by atoms with Crippen LogP contribution in [0.2, 0.25) is 0 Å². The highest BCUT2D eigenvalue weighted by atomic mass is 16.5. The van der Waals surface area contributed by atoms with E-state index < -0.39 is 0 Å². The van der Waals surface area contributed by atoms with E-state index in [0.29, 0.717) is 5.92 Å². The van der Waals surface area contributed by atoms with Crippen LogP contribution >= 0.6 is 0 Å². The Morgan fingerprint density at radius 1 is 1.45 bits per heavy atom. The lowest BCUT2D eigenvalue weighted by Gasteiger charge is -2.31. The molecule has 0 amide bonds. The Morgan fingerprint density at radius 2 is 2.20 bits per heavy atom. The number of benzene rings is 1. The first-order valence-electron chi connectivity index (χ1n) is 7.34. The number of ether oxygens (including phenoxy) is 1. The summed E-state index contributed by atoms with van der Waals surface area (Å²) in [4.78, 5) is 2.20. The standard InChI is InChI=1S/C16H26N2O2/c1-18(14-7-3-4-8-15(14)20-2)11-9-13-6-5-10-16(13,17)12-19/h3-4,7-8,13,19H,5-6,9-12,17H2,1-2H3. The van der Waals surface area contributed by atoms with Crippen molar-refractivity contribution < 1.29 is 9.84 Å². The molecule has 2 unspecified atom stereocenters. The van der Waals surface area contributed by atoms with Crippen molar-refractivity contribution in [3.8, 4) is 5.75 Å². The maximum absolute atomic E-state index is 9.50. The SMILES string of the molecule is COc1ccccc1N(C)CCC1CCCC1(N)CO. The summed E-state index contributed by atoms with van der Waals surface area (Å²) in [7, 11) is 3.77. The van der Waals surface area contributed by atoms with Crippen LogP contribution in [0.4, 0.5) is 5.69 Å². The molecule has 0 bridgehead atoms. The Labute approximate surface area is 121 Å². The fourth-order valence-corrected chi connectivity index (χ4v) is 3.22. The molecule has 3 N–H and O–H groups in total. The summed E-state index contributed by atoms with van der Waals surface area (Å²) in [5.41, 5.74) is 7.01. The third kappa shape index (κ3) is 3.07. The average Bonchev–Trinajstić information content (AvgIpc) is 2.86. The zero-order valence-electron chi connectivity index (χ0n) is 12.5. The molecule has 1 aromatic rings. The molecule has 0 spiro atoms. The predicted molar refractivity (Wildman–Crippen MR) is 82.2 cm³/mol. The largest absolute Gasteiger partial charge is 0.495 e. The third-order valence-electron chi connectivity index (χ3n) is 4.61. The summed E-state index contributed by atoms with van der Waals surface area (Å²) in [5, 5.41) is 9.50. The molecular weight excluding hydrogens is 252 g/mol. The molecule has 20 heavy (non-hydrogen) atoms. The van der Waals surface area contributed by atoms with E-state index in [1.54, 1.807) is 7.11 Å². The summed E-state index contributed by atoms with van der Waals surface area (Å²) >= 11 is 0. The third-order valence-corrected chi connectivity index (χ3v) is 4.61. The Kier molecular flexibility index (Phi) is 4.89. The van der Waals surface area contributed by atoms with Crippen LogP contribution in [0.1, 0.15) is 25.7 Å². The summed E-state index contributed by atoms with van der Waals surface area (Å²) in [6.07, 6.45) is 4.19. The zero-order chi connectivity index (χ0) is 14.6. The molecule has 1 fully saturated rings. The number of nitrogens with zero attached hydrogens (tertiary/aromatic N) is 1. The van der Waals surface area contributed by atoms with E-state index >= 15 is 0 Å². The molecule has 1 aliphatic rings. The van der Waals surface area contributed by atoms with Gasteiger partial charge in [-0.05, 0) is 37.3 Å². The van der Waals surface area contributed by atoms with Crippen molar-refractivity contribution in [2.75, 3.05) is 32.2 Å². The van der Waals surface area contributed by atoms with Gasteiger partial charge in [0.05, 0.1) is 19.4 Å². The average molecular weight is 278 g/mol. The Hall–Kier alpha value is -1.26. The molecule has 2 atom stereocenters. The van der Waals surface area contributed by atoms with Gasteiger partial charge in [0, 0.05) is 19.1 Å². The van der Waals surface area contributed by atoms with E-state index in [2.05, 4.69) is 18.0 Å². The second-order valence-corrected chi connectivity index (χ2v) is 5.86. The summed E-state index contributed by atoms with van der Waals surface area (Å²) in [6.45, 7) is 1.01. The van der Waals surface area contributed by atoms with Gasteiger partial charge in [0.25, 0.3) is 0 Å². The van der Waals surface area contributed by atoms with Crippen molar-refractivity contribution in [2.24, 2.45) is 11.7 Å². The second kappa shape index (κ2) is 6.46. The minimum absolute atomic E-state index is 0.0933. The lowest BCUT2D eigenvalue weighted by atomic mass is 9.86. The van der Waals surface area contributed by atoms with E-state index in [0.717, 1.165) is 43.7 Å². The van der Waals surface area contributed by atoms with Gasteiger partial charge in [-0.15, -0.1) is 0 Å². The fraction of sp³-hybridized carbons (Fsp3) is 0.625. The number of nitrogens with two attached hydrogens (primary N) is 1. The number of aliphatic hydroxyl groups is 1. The molecule has 0 radical (unpaired) electrons. The molecule has 0 aliphatic heterocycles. The molecule has 0 aromatic heterocycles. The van der Waals surface area contributed by atoms with Gasteiger partial charge < -0.3 is 20.5 Å². The molecule has 1 saturated carbocycles. The molecule has 112 valence electrons. The summed E-state index contributed by atoms with van der Waals surface area (Å²) in [6, 6.07) is 8.03. The van der Waals surface area contributed by atoms with Crippen molar-refractivity contribution in [3.05, 3.63) is 24.3 Å². The number of para-hydroxylation sites is 2. The van der Waals surface area contributed by atoms with E-state index in [4.69, 9.17) is 10.5 Å². The molecular formula is C16H26N2O2. The monoisotopic (exact) mass is 278 g/mol. The van der Waals surface area contributed by atoms with Gasteiger partial charge >= 0.3 is 0 Å². The number of aliphatic hydroxyl groups excluding tert-OH is 1. The van der Waals surface area contributed by atoms with Gasteiger partial charge in [-0.2, -0.15) is 0 Å². The molecule has 4 heteroatoms. The van der Waals surface area contributed by atoms with Gasteiger partial charge in [0.15, 0.2) is 0 Å². The van der Waals surface area contributed by atoms with Gasteiger partial charge in [0.2, 0.25) is 0 Å². The summed E-state index contributed by atoms with van der Waals surface area (Å²) < 4.78 is 5.39. The Morgan fingerprint density at radius 3 is 2.90 bits per heavy atom. The van der Waals surface area contributed by atoms with Crippen LogP contribution in [0.15, 0.2) is 24.3 Å². The van der Waals surface area contributed by atoms with E-state index in [-0.39, 0.29) is 12.1 Å². The van der Waals surface area contributed by atoms with Crippen LogP contribution < -0.4 is 15.4 Å². The number of hydrogen-bond donors (Lipinski definition) is 2. The van der Waals surface area contributed by atoms with Crippen LogP contribution in [-0.2, 0) is 0 Å². The van der Waals surface area contributed by atoms with Gasteiger partial charge in [-0.3, -0.25) is 0 Å². The Bertz CT molecular complexity index is 438. The number of rotatable bonds is 6. The van der Waals surface area contributed by atoms with Crippen molar-refractivity contribution in [3.63, 3.8) is 0 Å². The maximum atomic E-state index is 9.50. The highest BCUT2D eigenvalue weighted by Crippen LogP contribution is 2.36. The minimum Gasteiger partial charge on any atom is -0.495 e. The molecule has 4 nitrogen and oxygen atoms in total. The summed E-state index contributed by atoms with van der Waals surface area (Å²) in [5.74, 6) is 1.30. The number of hydrogen-bond acceptors (Lipinski definition) is 4. The van der Waals surface area contributed by atoms with E-state index in [9.17, 15) is 5.11 Å². The molecule has 1 aromatic carbocycles. The van der Waals surface area contributed by atoms with Crippen molar-refractivity contribution >= 4 is 5.69 Å². The first kappa shape index (κ1) is 15.1. The predicted octanol–water partition coefficient (Wildman–Crippen LogP) is 2.01. The second-order valence-electron chi connectivity index (χ2n) is 5.86. The highest BCUT2D eigenvalue weighted by molar-refractivity contribution is 5.57.